The van der Waals surface area contributed by atoms with Crippen molar-refractivity contribution in [2.24, 2.45) is 0 Å². The third-order valence-electron chi connectivity index (χ3n) is 3.89. The average molecular weight is 397 g/mol. The van der Waals surface area contributed by atoms with Gasteiger partial charge in [-0.3, -0.25) is 9.59 Å². The molecular weight excluding hydrogens is 383 g/mol. The van der Waals surface area contributed by atoms with Crippen molar-refractivity contribution in [3.8, 4) is 17.2 Å². The van der Waals surface area contributed by atoms with E-state index < -0.39 is 17.4 Å². The number of carbonyl (C=O) groups is 2. The lowest BCUT2D eigenvalue weighted by molar-refractivity contribution is -0.143. The molecule has 3 N–H and O–H groups in total. The number of hydrogen-bond acceptors (Lipinski definition) is 5. The molecule has 2 aromatic carbocycles. The van der Waals surface area contributed by atoms with E-state index in [2.05, 4.69) is 10.6 Å². The topological polar surface area (TPSA) is 96.9 Å². The van der Waals surface area contributed by atoms with Crippen LogP contribution in [-0.2, 0) is 9.59 Å². The molecule has 2 amide bonds. The minimum absolute atomic E-state index is 0.0588. The first-order valence-corrected chi connectivity index (χ1v) is 8.18. The summed E-state index contributed by atoms with van der Waals surface area (Å²) in [5.74, 6) is -1.15. The number of rotatable bonds is 3. The molecule has 0 bridgehead atoms. The van der Waals surface area contributed by atoms with Gasteiger partial charge in [-0.05, 0) is 25.1 Å². The molecule has 0 aromatic heterocycles. The van der Waals surface area contributed by atoms with Crippen LogP contribution in [0.3, 0.4) is 0 Å². The summed E-state index contributed by atoms with van der Waals surface area (Å²) < 4.78 is 10.8. The minimum atomic E-state index is -1.85. The smallest absolute Gasteiger partial charge is 0.278 e. The highest BCUT2D eigenvalue weighted by Gasteiger charge is 2.47. The van der Waals surface area contributed by atoms with Gasteiger partial charge < -0.3 is 25.2 Å². The van der Waals surface area contributed by atoms with Crippen molar-refractivity contribution in [1.29, 1.82) is 0 Å². The molecule has 0 saturated heterocycles. The number of halogens is 2. The van der Waals surface area contributed by atoms with Crippen LogP contribution >= 0.6 is 23.2 Å². The second-order valence-corrected chi connectivity index (χ2v) is 6.53. The van der Waals surface area contributed by atoms with E-state index in [4.69, 9.17) is 32.7 Å². The van der Waals surface area contributed by atoms with E-state index >= 15 is 0 Å². The second kappa shape index (κ2) is 6.59. The molecule has 0 fully saturated rings. The van der Waals surface area contributed by atoms with E-state index in [-0.39, 0.29) is 22.2 Å². The van der Waals surface area contributed by atoms with Gasteiger partial charge in [-0.15, -0.1) is 0 Å². The number of phenols is 1. The largest absolute Gasteiger partial charge is 0.506 e. The molecule has 136 valence electrons. The van der Waals surface area contributed by atoms with Gasteiger partial charge >= 0.3 is 0 Å². The van der Waals surface area contributed by atoms with Gasteiger partial charge in [0, 0.05) is 17.2 Å². The average Bonchev–Trinajstić information content (AvgIpc) is 2.59. The highest BCUT2D eigenvalue weighted by molar-refractivity contribution is 6.32. The van der Waals surface area contributed by atoms with Gasteiger partial charge in [-0.2, -0.15) is 0 Å². The quantitative estimate of drug-likeness (QED) is 0.690. The Balaban J connectivity index is 1.91. The number of hydrogen-bond donors (Lipinski definition) is 3. The van der Waals surface area contributed by atoms with Gasteiger partial charge in [-0.25, -0.2) is 0 Å². The number of fused-ring (bicyclic) bond motifs is 1. The highest BCUT2D eigenvalue weighted by atomic mass is 35.5. The monoisotopic (exact) mass is 396 g/mol. The summed E-state index contributed by atoms with van der Waals surface area (Å²) >= 11 is 11.7. The zero-order valence-corrected chi connectivity index (χ0v) is 15.2. The number of carbonyl (C=O) groups excluding carboxylic acids is 2. The predicted octanol–water partition coefficient (Wildman–Crippen LogP) is 3.44. The molecule has 26 heavy (non-hydrogen) atoms. The van der Waals surface area contributed by atoms with Crippen LogP contribution in [0.5, 0.6) is 17.2 Å². The van der Waals surface area contributed by atoms with Crippen LogP contribution < -0.4 is 20.1 Å². The zero-order chi connectivity index (χ0) is 19.1. The van der Waals surface area contributed by atoms with Crippen LogP contribution in [0.25, 0.3) is 0 Å². The van der Waals surface area contributed by atoms with Crippen LogP contribution in [0, 0.1) is 0 Å². The molecule has 1 aliphatic heterocycles. The molecule has 9 heteroatoms. The summed E-state index contributed by atoms with van der Waals surface area (Å²) in [6.07, 6.45) is 0. The van der Waals surface area contributed by atoms with Crippen LogP contribution in [0.1, 0.15) is 6.92 Å². The van der Waals surface area contributed by atoms with Crippen molar-refractivity contribution in [2.75, 3.05) is 17.7 Å². The molecule has 1 heterocycles. The lowest BCUT2D eigenvalue weighted by Crippen LogP contribution is -2.56. The molecule has 7 nitrogen and oxygen atoms in total. The maximum absolute atomic E-state index is 12.7. The van der Waals surface area contributed by atoms with Gasteiger partial charge in [0.25, 0.3) is 17.4 Å². The Morgan fingerprint density at radius 2 is 2.04 bits per heavy atom. The van der Waals surface area contributed by atoms with Crippen LogP contribution in [-0.4, -0.2) is 29.6 Å². The minimum Gasteiger partial charge on any atom is -0.506 e. The highest BCUT2D eigenvalue weighted by Crippen LogP contribution is 2.38. The first-order chi connectivity index (χ1) is 12.2. The normalized spacial score (nSPS) is 18.4. The standard InChI is InChI=1S/C17H14Cl2N2O5/c1-17(15(23)20-10-5-8(18)3-4-13(10)26-17)16(24)21-11-7-12(22)9(19)6-14(11)25-2/h3-7,22H,1-2H3,(H,20,23)(H,21,24). The lowest BCUT2D eigenvalue weighted by atomic mass is 10.0. The number of benzene rings is 2. The van der Waals surface area contributed by atoms with E-state index in [9.17, 15) is 14.7 Å². The fraction of sp³-hybridized carbons (Fsp3) is 0.176. The molecule has 0 radical (unpaired) electrons. The molecule has 1 atom stereocenters. The number of phenolic OH excluding ortho intramolecular Hbond substituents is 1. The summed E-state index contributed by atoms with van der Waals surface area (Å²) in [6, 6.07) is 7.21. The van der Waals surface area contributed by atoms with Crippen molar-refractivity contribution >= 4 is 46.4 Å². The summed E-state index contributed by atoms with van der Waals surface area (Å²) in [6.45, 7) is 1.33. The third kappa shape index (κ3) is 3.11. The summed E-state index contributed by atoms with van der Waals surface area (Å²) in [7, 11) is 1.38. The van der Waals surface area contributed by atoms with Crippen molar-refractivity contribution in [2.45, 2.75) is 12.5 Å². The number of methoxy groups -OCH3 is 1. The number of ether oxygens (including phenoxy) is 2. The molecule has 1 unspecified atom stereocenters. The fourth-order valence-corrected chi connectivity index (χ4v) is 2.72. The number of anilines is 2. The Morgan fingerprint density at radius 3 is 2.73 bits per heavy atom. The second-order valence-electron chi connectivity index (χ2n) is 5.69. The van der Waals surface area contributed by atoms with E-state index in [1.165, 1.54) is 32.2 Å². The molecule has 1 aliphatic rings. The Morgan fingerprint density at radius 1 is 1.31 bits per heavy atom. The summed E-state index contributed by atoms with van der Waals surface area (Å²) in [4.78, 5) is 25.2. The van der Waals surface area contributed by atoms with Crippen LogP contribution in [0.4, 0.5) is 11.4 Å². The van der Waals surface area contributed by atoms with Gasteiger partial charge in [0.15, 0.2) is 0 Å². The number of nitrogens with one attached hydrogen (secondary N) is 2. The van der Waals surface area contributed by atoms with E-state index in [1.807, 2.05) is 0 Å². The number of amides is 2. The zero-order valence-electron chi connectivity index (χ0n) is 13.7. The molecule has 2 aromatic rings. The molecule has 0 saturated carbocycles. The van der Waals surface area contributed by atoms with Crippen molar-refractivity contribution in [1.82, 2.24) is 0 Å². The van der Waals surface area contributed by atoms with E-state index in [1.54, 1.807) is 12.1 Å². The van der Waals surface area contributed by atoms with Crippen molar-refractivity contribution in [3.63, 3.8) is 0 Å². The lowest BCUT2D eigenvalue weighted by Gasteiger charge is -2.33. The van der Waals surface area contributed by atoms with Gasteiger partial charge in [0.05, 0.1) is 23.5 Å². The Labute approximate surface area is 158 Å². The Bertz CT molecular complexity index is 918. The van der Waals surface area contributed by atoms with Crippen molar-refractivity contribution < 1.29 is 24.2 Å². The summed E-state index contributed by atoms with van der Waals surface area (Å²) in [5.41, 5.74) is -1.34. The number of aromatic hydroxyl groups is 1. The Hall–Kier alpha value is -2.64. The fourth-order valence-electron chi connectivity index (χ4n) is 2.40. The molecule has 0 spiro atoms. The maximum atomic E-state index is 12.7. The van der Waals surface area contributed by atoms with Crippen LogP contribution in [0.15, 0.2) is 30.3 Å². The van der Waals surface area contributed by atoms with Crippen molar-refractivity contribution in [3.05, 3.63) is 40.4 Å². The first-order valence-electron chi connectivity index (χ1n) is 7.42. The van der Waals surface area contributed by atoms with Crippen LogP contribution in [0.2, 0.25) is 10.0 Å². The predicted molar refractivity (Wildman–Crippen MR) is 97.4 cm³/mol. The van der Waals surface area contributed by atoms with E-state index in [0.717, 1.165) is 0 Å². The molecular formula is C17H14Cl2N2O5. The third-order valence-corrected chi connectivity index (χ3v) is 4.43. The first kappa shape index (κ1) is 18.2. The van der Waals surface area contributed by atoms with Gasteiger partial charge in [0.2, 0.25) is 0 Å². The van der Waals surface area contributed by atoms with Gasteiger partial charge in [-0.1, -0.05) is 23.2 Å². The SMILES string of the molecule is COc1cc(Cl)c(O)cc1NC(=O)C1(C)Oc2ccc(Cl)cc2NC1=O. The van der Waals surface area contributed by atoms with E-state index in [0.29, 0.717) is 16.5 Å². The summed E-state index contributed by atoms with van der Waals surface area (Å²) in [5, 5.41) is 15.3. The van der Waals surface area contributed by atoms with Gasteiger partial charge in [0.1, 0.15) is 17.2 Å². The molecule has 3 rings (SSSR count). The molecule has 0 aliphatic carbocycles. The Kier molecular flexibility index (Phi) is 4.60. The maximum Gasteiger partial charge on any atom is 0.278 e.